The van der Waals surface area contributed by atoms with E-state index in [0.717, 1.165) is 24.3 Å². The topological polar surface area (TPSA) is 75.3 Å². The zero-order valence-corrected chi connectivity index (χ0v) is 11.6. The number of ether oxygens (including phenoxy) is 1. The summed E-state index contributed by atoms with van der Waals surface area (Å²) in [7, 11) is 0. The molecule has 21 heavy (non-hydrogen) atoms. The van der Waals surface area contributed by atoms with Gasteiger partial charge in [0.15, 0.2) is 5.69 Å². The van der Waals surface area contributed by atoms with E-state index in [0.29, 0.717) is 12.2 Å². The first-order chi connectivity index (χ1) is 10.1. The second-order valence-electron chi connectivity index (χ2n) is 4.97. The Morgan fingerprint density at radius 1 is 1.33 bits per heavy atom. The second kappa shape index (κ2) is 5.40. The van der Waals surface area contributed by atoms with Crippen molar-refractivity contribution in [1.29, 1.82) is 0 Å². The number of nitrogens with one attached hydrogen (secondary N) is 1. The predicted molar refractivity (Wildman–Crippen MR) is 76.3 cm³/mol. The molecule has 1 aliphatic rings. The highest BCUT2D eigenvalue weighted by Crippen LogP contribution is 2.24. The first-order valence-corrected chi connectivity index (χ1v) is 6.78. The van der Waals surface area contributed by atoms with Crippen LogP contribution in [0.15, 0.2) is 30.3 Å². The number of aromatic nitrogens is 2. The summed E-state index contributed by atoms with van der Waals surface area (Å²) in [5.41, 5.74) is 1.86. The summed E-state index contributed by atoms with van der Waals surface area (Å²) in [6.45, 7) is 2.55. The molecule has 108 valence electrons. The minimum absolute atomic E-state index is 0.131. The first kappa shape index (κ1) is 13.4. The van der Waals surface area contributed by atoms with Gasteiger partial charge in [-0.2, -0.15) is 5.10 Å². The van der Waals surface area contributed by atoms with E-state index < -0.39 is 5.97 Å². The lowest BCUT2D eigenvalue weighted by molar-refractivity contribution is -0.117. The Morgan fingerprint density at radius 2 is 2.10 bits per heavy atom. The first-order valence-electron chi connectivity index (χ1n) is 6.78. The van der Waals surface area contributed by atoms with Crippen LogP contribution in [-0.4, -0.2) is 28.6 Å². The van der Waals surface area contributed by atoms with E-state index in [1.807, 2.05) is 6.92 Å². The lowest BCUT2D eigenvalue weighted by Crippen LogP contribution is -2.23. The number of aryl methyl sites for hydroxylation is 1. The Bertz CT molecular complexity index is 676. The van der Waals surface area contributed by atoms with Crippen molar-refractivity contribution in [2.24, 2.45) is 0 Å². The second-order valence-corrected chi connectivity index (χ2v) is 4.97. The van der Waals surface area contributed by atoms with Gasteiger partial charge >= 0.3 is 5.97 Å². The van der Waals surface area contributed by atoms with Crippen molar-refractivity contribution < 1.29 is 14.3 Å². The van der Waals surface area contributed by atoms with Gasteiger partial charge in [-0.15, -0.1) is 0 Å². The lowest BCUT2D eigenvalue weighted by atomic mass is 10.3. The molecule has 0 atom stereocenters. The molecule has 1 aliphatic heterocycles. The molecule has 2 aromatic rings. The van der Waals surface area contributed by atoms with Crippen molar-refractivity contribution in [1.82, 2.24) is 10.2 Å². The monoisotopic (exact) mass is 285 g/mol. The molecule has 0 spiro atoms. The molecule has 1 fully saturated rings. The van der Waals surface area contributed by atoms with Crippen LogP contribution < -0.4 is 9.64 Å². The zero-order valence-electron chi connectivity index (χ0n) is 11.6. The summed E-state index contributed by atoms with van der Waals surface area (Å²) in [6, 6.07) is 8.54. The maximum absolute atomic E-state index is 11.9. The smallest absolute Gasteiger partial charge is 0.364 e. The number of anilines is 1. The molecular weight excluding hydrogens is 270 g/mol. The number of nitrogens with zero attached hydrogens (tertiary/aromatic N) is 2. The van der Waals surface area contributed by atoms with Gasteiger partial charge in [-0.1, -0.05) is 0 Å². The van der Waals surface area contributed by atoms with Crippen molar-refractivity contribution in [3.8, 4) is 5.75 Å². The van der Waals surface area contributed by atoms with Gasteiger partial charge in [0.25, 0.3) is 0 Å². The van der Waals surface area contributed by atoms with E-state index in [2.05, 4.69) is 10.2 Å². The average Bonchev–Trinajstić information content (AvgIpc) is 3.08. The Labute approximate surface area is 121 Å². The minimum Gasteiger partial charge on any atom is -0.422 e. The molecule has 0 unspecified atom stereocenters. The molecule has 1 saturated heterocycles. The van der Waals surface area contributed by atoms with E-state index in [-0.39, 0.29) is 11.6 Å². The van der Waals surface area contributed by atoms with Crippen molar-refractivity contribution >= 4 is 17.6 Å². The Hall–Kier alpha value is -2.63. The fourth-order valence-corrected chi connectivity index (χ4v) is 2.30. The van der Waals surface area contributed by atoms with Crippen LogP contribution in [0.5, 0.6) is 5.75 Å². The summed E-state index contributed by atoms with van der Waals surface area (Å²) in [5, 5.41) is 6.54. The lowest BCUT2D eigenvalue weighted by Gasteiger charge is -2.15. The maximum Gasteiger partial charge on any atom is 0.364 e. The molecule has 3 rings (SSSR count). The predicted octanol–water partition coefficient (Wildman–Crippen LogP) is 2.06. The Morgan fingerprint density at radius 3 is 2.67 bits per heavy atom. The van der Waals surface area contributed by atoms with E-state index in [1.165, 1.54) is 0 Å². The van der Waals surface area contributed by atoms with Crippen LogP contribution in [0.3, 0.4) is 0 Å². The fourth-order valence-electron chi connectivity index (χ4n) is 2.30. The van der Waals surface area contributed by atoms with Crippen molar-refractivity contribution in [3.63, 3.8) is 0 Å². The number of amides is 1. The molecule has 0 bridgehead atoms. The van der Waals surface area contributed by atoms with Gasteiger partial charge in [-0.25, -0.2) is 4.79 Å². The summed E-state index contributed by atoms with van der Waals surface area (Å²) < 4.78 is 5.23. The number of esters is 1. The quantitative estimate of drug-likeness (QED) is 0.692. The van der Waals surface area contributed by atoms with Crippen LogP contribution in [0.1, 0.15) is 29.0 Å². The fraction of sp³-hybridized carbons (Fsp3) is 0.267. The summed E-state index contributed by atoms with van der Waals surface area (Å²) in [5.74, 6) is 0.0483. The number of hydrogen-bond acceptors (Lipinski definition) is 4. The summed E-state index contributed by atoms with van der Waals surface area (Å²) >= 11 is 0. The van der Waals surface area contributed by atoms with Gasteiger partial charge in [0.1, 0.15) is 5.75 Å². The number of rotatable bonds is 3. The molecule has 0 radical (unpaired) electrons. The average molecular weight is 285 g/mol. The minimum atomic E-state index is -0.510. The van der Waals surface area contributed by atoms with Crippen LogP contribution in [0.4, 0.5) is 5.69 Å². The molecule has 2 heterocycles. The SMILES string of the molecule is Cc1cc(C(=O)Oc2ccc(N3CCCC3=O)cc2)n[nH]1. The van der Waals surface area contributed by atoms with Crippen molar-refractivity contribution in [3.05, 3.63) is 41.7 Å². The summed E-state index contributed by atoms with van der Waals surface area (Å²) in [6.07, 6.45) is 1.48. The van der Waals surface area contributed by atoms with E-state index >= 15 is 0 Å². The third kappa shape index (κ3) is 2.79. The molecule has 0 aliphatic carbocycles. The van der Waals surface area contributed by atoms with Gasteiger partial charge in [-0.3, -0.25) is 9.89 Å². The molecule has 1 amide bonds. The van der Waals surface area contributed by atoms with E-state index in [9.17, 15) is 9.59 Å². The van der Waals surface area contributed by atoms with Crippen LogP contribution in [0.25, 0.3) is 0 Å². The van der Waals surface area contributed by atoms with Gasteiger partial charge in [-0.05, 0) is 43.7 Å². The molecule has 0 saturated carbocycles. The number of carbonyl (C=O) groups is 2. The maximum atomic E-state index is 11.9. The third-order valence-electron chi connectivity index (χ3n) is 3.35. The van der Waals surface area contributed by atoms with E-state index in [1.54, 1.807) is 35.2 Å². The highest BCUT2D eigenvalue weighted by Gasteiger charge is 2.21. The number of benzene rings is 1. The van der Waals surface area contributed by atoms with Gasteiger partial charge in [0.05, 0.1) is 0 Å². The number of H-pyrrole nitrogens is 1. The van der Waals surface area contributed by atoms with E-state index in [4.69, 9.17) is 4.74 Å². The van der Waals surface area contributed by atoms with Crippen LogP contribution in [-0.2, 0) is 4.79 Å². The molecule has 6 heteroatoms. The van der Waals surface area contributed by atoms with Gasteiger partial charge in [0.2, 0.25) is 5.91 Å². The standard InChI is InChI=1S/C15H15N3O3/c1-10-9-13(17-16-10)15(20)21-12-6-4-11(5-7-12)18-8-2-3-14(18)19/h4-7,9H,2-3,8H2,1H3,(H,16,17). The summed E-state index contributed by atoms with van der Waals surface area (Å²) in [4.78, 5) is 25.2. The molecule has 6 nitrogen and oxygen atoms in total. The van der Waals surface area contributed by atoms with Crippen molar-refractivity contribution in [2.45, 2.75) is 19.8 Å². The number of carbonyl (C=O) groups excluding carboxylic acids is 2. The molecular formula is C15H15N3O3. The van der Waals surface area contributed by atoms with Gasteiger partial charge < -0.3 is 9.64 Å². The zero-order chi connectivity index (χ0) is 14.8. The number of hydrogen-bond donors (Lipinski definition) is 1. The largest absolute Gasteiger partial charge is 0.422 e. The molecule has 1 aromatic heterocycles. The molecule has 1 aromatic carbocycles. The van der Waals surface area contributed by atoms with Crippen LogP contribution in [0, 0.1) is 6.92 Å². The van der Waals surface area contributed by atoms with Gasteiger partial charge in [0, 0.05) is 24.3 Å². The highest BCUT2D eigenvalue weighted by atomic mass is 16.5. The van der Waals surface area contributed by atoms with Crippen LogP contribution >= 0.6 is 0 Å². The Balaban J connectivity index is 1.69. The Kier molecular flexibility index (Phi) is 3.43. The highest BCUT2D eigenvalue weighted by molar-refractivity contribution is 5.95. The van der Waals surface area contributed by atoms with Crippen LogP contribution in [0.2, 0.25) is 0 Å². The van der Waals surface area contributed by atoms with Crippen molar-refractivity contribution in [2.75, 3.05) is 11.4 Å². The number of aromatic amines is 1. The normalized spacial score (nSPS) is 14.5. The third-order valence-corrected chi connectivity index (χ3v) is 3.35. The molecule has 1 N–H and O–H groups in total.